The monoisotopic (exact) mass is 339 g/mol. The molecule has 0 saturated heterocycles. The summed E-state index contributed by atoms with van der Waals surface area (Å²) >= 11 is 3.17. The third kappa shape index (κ3) is 2.97. The van der Waals surface area contributed by atoms with Gasteiger partial charge in [-0.15, -0.1) is 0 Å². The Bertz CT molecular complexity index is 693. The first kappa shape index (κ1) is 14.1. The highest BCUT2D eigenvalue weighted by Crippen LogP contribution is 2.22. The lowest BCUT2D eigenvalue weighted by atomic mass is 10.2. The Labute approximate surface area is 120 Å². The Morgan fingerprint density at radius 1 is 1.40 bits per heavy atom. The van der Waals surface area contributed by atoms with Crippen molar-refractivity contribution in [1.29, 1.82) is 0 Å². The van der Waals surface area contributed by atoms with Crippen LogP contribution in [0.4, 0.5) is 15.8 Å². The second-order valence-electron chi connectivity index (χ2n) is 3.71. The van der Waals surface area contributed by atoms with Gasteiger partial charge < -0.3 is 5.32 Å². The molecule has 1 amide bonds. The van der Waals surface area contributed by atoms with Gasteiger partial charge in [0.15, 0.2) is 0 Å². The highest BCUT2D eigenvalue weighted by atomic mass is 79.9. The summed E-state index contributed by atoms with van der Waals surface area (Å²) in [6.07, 6.45) is 1.44. The zero-order valence-electron chi connectivity index (χ0n) is 9.84. The lowest BCUT2D eigenvalue weighted by Gasteiger charge is -2.06. The van der Waals surface area contributed by atoms with Crippen molar-refractivity contribution in [3.05, 3.63) is 62.6 Å². The Balaban J connectivity index is 2.27. The molecule has 0 aliphatic heterocycles. The fourth-order valence-corrected chi connectivity index (χ4v) is 1.91. The molecule has 0 spiro atoms. The van der Waals surface area contributed by atoms with E-state index in [-0.39, 0.29) is 11.4 Å². The molecule has 0 radical (unpaired) electrons. The first-order chi connectivity index (χ1) is 9.49. The van der Waals surface area contributed by atoms with Crippen molar-refractivity contribution in [3.63, 3.8) is 0 Å². The van der Waals surface area contributed by atoms with Crippen LogP contribution in [0.15, 0.2) is 41.0 Å². The van der Waals surface area contributed by atoms with Crippen LogP contribution >= 0.6 is 15.9 Å². The second-order valence-corrected chi connectivity index (χ2v) is 4.57. The number of nitro benzene ring substituents is 1. The SMILES string of the molecule is O=C(Nc1ccc(F)c([N+](=O)[O-])c1)c1ncccc1Br. The first-order valence-corrected chi connectivity index (χ1v) is 6.14. The van der Waals surface area contributed by atoms with Gasteiger partial charge in [0, 0.05) is 22.4 Å². The van der Waals surface area contributed by atoms with Crippen LogP contribution in [-0.2, 0) is 0 Å². The van der Waals surface area contributed by atoms with E-state index in [9.17, 15) is 19.3 Å². The van der Waals surface area contributed by atoms with Gasteiger partial charge in [-0.1, -0.05) is 0 Å². The van der Waals surface area contributed by atoms with Crippen molar-refractivity contribution in [1.82, 2.24) is 4.98 Å². The number of carbonyl (C=O) groups is 1. The quantitative estimate of drug-likeness (QED) is 0.687. The van der Waals surface area contributed by atoms with Gasteiger partial charge in [-0.05, 0) is 40.2 Å². The summed E-state index contributed by atoms with van der Waals surface area (Å²) in [4.78, 5) is 25.6. The van der Waals surface area contributed by atoms with Gasteiger partial charge in [0.25, 0.3) is 5.91 Å². The number of aromatic nitrogens is 1. The molecule has 8 heteroatoms. The molecular formula is C12H7BrFN3O3. The van der Waals surface area contributed by atoms with Crippen LogP contribution in [0.25, 0.3) is 0 Å². The summed E-state index contributed by atoms with van der Waals surface area (Å²) in [7, 11) is 0. The number of hydrogen-bond donors (Lipinski definition) is 1. The Kier molecular flexibility index (Phi) is 4.04. The Morgan fingerprint density at radius 3 is 2.80 bits per heavy atom. The summed E-state index contributed by atoms with van der Waals surface area (Å²) in [6, 6.07) is 6.38. The third-order valence-corrected chi connectivity index (χ3v) is 3.01. The van der Waals surface area contributed by atoms with Crippen molar-refractivity contribution in [2.24, 2.45) is 0 Å². The van der Waals surface area contributed by atoms with Crippen molar-refractivity contribution in [2.45, 2.75) is 0 Å². The minimum atomic E-state index is -0.966. The molecule has 0 atom stereocenters. The molecule has 0 unspecified atom stereocenters. The molecule has 0 bridgehead atoms. The van der Waals surface area contributed by atoms with E-state index in [0.717, 1.165) is 12.1 Å². The number of hydrogen-bond acceptors (Lipinski definition) is 4. The number of carbonyl (C=O) groups excluding carboxylic acids is 1. The molecule has 0 aliphatic carbocycles. The number of rotatable bonds is 3. The van der Waals surface area contributed by atoms with Crippen molar-refractivity contribution < 1.29 is 14.1 Å². The van der Waals surface area contributed by atoms with Crippen LogP contribution in [0.5, 0.6) is 0 Å². The fraction of sp³-hybridized carbons (Fsp3) is 0. The number of pyridine rings is 1. The van der Waals surface area contributed by atoms with Crippen molar-refractivity contribution >= 4 is 33.2 Å². The number of anilines is 1. The molecule has 1 aromatic heterocycles. The van der Waals surface area contributed by atoms with Crippen LogP contribution in [-0.4, -0.2) is 15.8 Å². The Morgan fingerprint density at radius 2 is 2.15 bits per heavy atom. The maximum atomic E-state index is 13.2. The number of benzene rings is 1. The van der Waals surface area contributed by atoms with Gasteiger partial charge in [-0.3, -0.25) is 14.9 Å². The van der Waals surface area contributed by atoms with Crippen LogP contribution < -0.4 is 5.32 Å². The van der Waals surface area contributed by atoms with Gasteiger partial charge in [0.2, 0.25) is 5.82 Å². The lowest BCUT2D eigenvalue weighted by Crippen LogP contribution is -2.14. The number of halogens is 2. The largest absolute Gasteiger partial charge is 0.320 e. The van der Waals surface area contributed by atoms with Crippen LogP contribution in [0.3, 0.4) is 0 Å². The van der Waals surface area contributed by atoms with E-state index in [1.54, 1.807) is 12.1 Å². The van der Waals surface area contributed by atoms with Gasteiger partial charge in [-0.25, -0.2) is 4.98 Å². The maximum absolute atomic E-state index is 13.2. The Hall–Kier alpha value is -2.35. The number of nitrogens with zero attached hydrogens (tertiary/aromatic N) is 2. The third-order valence-electron chi connectivity index (χ3n) is 2.37. The number of amides is 1. The minimum absolute atomic E-state index is 0.112. The molecule has 0 saturated carbocycles. The fourth-order valence-electron chi connectivity index (χ4n) is 1.47. The lowest BCUT2D eigenvalue weighted by molar-refractivity contribution is -0.387. The first-order valence-electron chi connectivity index (χ1n) is 5.35. The molecular weight excluding hydrogens is 333 g/mol. The molecule has 20 heavy (non-hydrogen) atoms. The molecule has 2 aromatic rings. The smallest absolute Gasteiger partial charge is 0.306 e. The maximum Gasteiger partial charge on any atom is 0.306 e. The van der Waals surface area contributed by atoms with E-state index in [1.165, 1.54) is 12.3 Å². The topological polar surface area (TPSA) is 85.1 Å². The number of nitrogens with one attached hydrogen (secondary N) is 1. The summed E-state index contributed by atoms with van der Waals surface area (Å²) in [6.45, 7) is 0. The number of nitro groups is 1. The summed E-state index contributed by atoms with van der Waals surface area (Å²) in [5, 5.41) is 13.0. The van der Waals surface area contributed by atoms with E-state index in [1.807, 2.05) is 0 Å². The van der Waals surface area contributed by atoms with Crippen LogP contribution in [0.1, 0.15) is 10.5 Å². The van der Waals surface area contributed by atoms with E-state index in [4.69, 9.17) is 0 Å². The summed E-state index contributed by atoms with van der Waals surface area (Å²) in [5.74, 6) is -1.52. The van der Waals surface area contributed by atoms with E-state index >= 15 is 0 Å². The van der Waals surface area contributed by atoms with Crippen LogP contribution in [0, 0.1) is 15.9 Å². The van der Waals surface area contributed by atoms with Gasteiger partial charge in [-0.2, -0.15) is 4.39 Å². The second kappa shape index (κ2) is 5.74. The van der Waals surface area contributed by atoms with Crippen LogP contribution in [0.2, 0.25) is 0 Å². The van der Waals surface area contributed by atoms with Gasteiger partial charge in [0.1, 0.15) is 5.69 Å². The molecule has 1 aromatic carbocycles. The standard InChI is InChI=1S/C12H7BrFN3O3/c13-8-2-1-5-15-11(8)12(18)16-7-3-4-9(14)10(6-7)17(19)20/h1-6H,(H,16,18). The normalized spacial score (nSPS) is 10.1. The molecule has 1 N–H and O–H groups in total. The average molecular weight is 340 g/mol. The molecule has 2 rings (SSSR count). The summed E-state index contributed by atoms with van der Waals surface area (Å²) in [5.41, 5.74) is -0.469. The predicted molar refractivity (Wildman–Crippen MR) is 72.9 cm³/mol. The minimum Gasteiger partial charge on any atom is -0.320 e. The van der Waals surface area contributed by atoms with Crippen molar-refractivity contribution in [3.8, 4) is 0 Å². The zero-order chi connectivity index (χ0) is 14.7. The zero-order valence-corrected chi connectivity index (χ0v) is 11.4. The van der Waals surface area contributed by atoms with E-state index < -0.39 is 22.3 Å². The molecule has 1 heterocycles. The highest BCUT2D eigenvalue weighted by molar-refractivity contribution is 9.10. The average Bonchev–Trinajstić information content (AvgIpc) is 2.41. The molecule has 6 nitrogen and oxygen atoms in total. The van der Waals surface area contributed by atoms with Gasteiger partial charge in [0.05, 0.1) is 4.92 Å². The predicted octanol–water partition coefficient (Wildman–Crippen LogP) is 3.14. The molecule has 0 aliphatic rings. The van der Waals surface area contributed by atoms with Crippen molar-refractivity contribution in [2.75, 3.05) is 5.32 Å². The molecule has 0 fully saturated rings. The van der Waals surface area contributed by atoms with Gasteiger partial charge >= 0.3 is 5.69 Å². The highest BCUT2D eigenvalue weighted by Gasteiger charge is 2.17. The van der Waals surface area contributed by atoms with E-state index in [2.05, 4.69) is 26.2 Å². The molecule has 102 valence electrons. The van der Waals surface area contributed by atoms with E-state index in [0.29, 0.717) is 4.47 Å². The summed E-state index contributed by atoms with van der Waals surface area (Å²) < 4.78 is 13.7.